The van der Waals surface area contributed by atoms with E-state index in [1.807, 2.05) is 18.3 Å². The Hall–Kier alpha value is -0.930. The van der Waals surface area contributed by atoms with Crippen LogP contribution in [-0.2, 0) is 6.42 Å². The van der Waals surface area contributed by atoms with Gasteiger partial charge in [0.05, 0.1) is 6.10 Å². The molecule has 106 valence electrons. The van der Waals surface area contributed by atoms with Crippen LogP contribution in [0.2, 0.25) is 0 Å². The molecule has 1 aromatic rings. The highest BCUT2D eigenvalue weighted by molar-refractivity contribution is 5.12. The van der Waals surface area contributed by atoms with E-state index in [-0.39, 0.29) is 11.6 Å². The molecule has 0 aliphatic heterocycles. The molecule has 0 aromatic carbocycles. The van der Waals surface area contributed by atoms with Crippen LogP contribution >= 0.6 is 0 Å². The minimum absolute atomic E-state index is 0.0759. The molecule has 19 heavy (non-hydrogen) atoms. The summed E-state index contributed by atoms with van der Waals surface area (Å²) in [4.78, 5) is 6.38. The Kier molecular flexibility index (Phi) is 4.58. The first-order valence-electron chi connectivity index (χ1n) is 7.29. The Balaban J connectivity index is 2.14. The van der Waals surface area contributed by atoms with Crippen molar-refractivity contribution in [2.75, 3.05) is 14.1 Å². The van der Waals surface area contributed by atoms with Crippen LogP contribution in [0.4, 0.5) is 0 Å². The lowest BCUT2D eigenvalue weighted by molar-refractivity contribution is -0.0425. The van der Waals surface area contributed by atoms with E-state index >= 15 is 0 Å². The third-order valence-corrected chi connectivity index (χ3v) is 4.67. The lowest BCUT2D eigenvalue weighted by Crippen LogP contribution is -2.56. The van der Waals surface area contributed by atoms with Crippen LogP contribution in [0.25, 0.3) is 0 Å². The lowest BCUT2D eigenvalue weighted by atomic mass is 9.71. The zero-order valence-electron chi connectivity index (χ0n) is 12.3. The van der Waals surface area contributed by atoms with Gasteiger partial charge in [-0.15, -0.1) is 0 Å². The van der Waals surface area contributed by atoms with Gasteiger partial charge in [-0.1, -0.05) is 25.8 Å². The molecule has 1 N–H and O–H groups in total. The Morgan fingerprint density at radius 2 is 2.32 bits per heavy atom. The van der Waals surface area contributed by atoms with Crippen molar-refractivity contribution >= 4 is 0 Å². The number of pyridine rings is 1. The van der Waals surface area contributed by atoms with Crippen molar-refractivity contribution in [1.29, 1.82) is 0 Å². The van der Waals surface area contributed by atoms with Gasteiger partial charge in [0.1, 0.15) is 0 Å². The Bertz CT molecular complexity index is 393. The summed E-state index contributed by atoms with van der Waals surface area (Å²) in [5.41, 5.74) is 1.04. The lowest BCUT2D eigenvalue weighted by Gasteiger charge is -2.48. The molecule has 0 amide bonds. The van der Waals surface area contributed by atoms with Gasteiger partial charge < -0.3 is 10.0 Å². The summed E-state index contributed by atoms with van der Waals surface area (Å²) in [6.45, 7) is 2.30. The van der Waals surface area contributed by atoms with Crippen molar-refractivity contribution in [3.05, 3.63) is 30.1 Å². The van der Waals surface area contributed by atoms with Crippen LogP contribution in [0.5, 0.6) is 0 Å². The van der Waals surface area contributed by atoms with Gasteiger partial charge in [0, 0.05) is 24.4 Å². The fourth-order valence-corrected chi connectivity index (χ4v) is 3.50. The van der Waals surface area contributed by atoms with Crippen LogP contribution < -0.4 is 0 Å². The van der Waals surface area contributed by atoms with Gasteiger partial charge in [-0.2, -0.15) is 0 Å². The molecule has 2 rings (SSSR count). The minimum atomic E-state index is -0.325. The molecule has 1 aliphatic carbocycles. The van der Waals surface area contributed by atoms with Gasteiger partial charge in [-0.25, -0.2) is 0 Å². The average molecular weight is 262 g/mol. The van der Waals surface area contributed by atoms with Crippen LogP contribution in [0, 0.1) is 5.92 Å². The largest absolute Gasteiger partial charge is 0.391 e. The average Bonchev–Trinajstić information content (AvgIpc) is 2.39. The van der Waals surface area contributed by atoms with Crippen LogP contribution in [-0.4, -0.2) is 40.7 Å². The number of likely N-dealkylation sites (N-methyl/N-ethyl adjacent to an activating group) is 1. The molecule has 1 saturated carbocycles. The van der Waals surface area contributed by atoms with Gasteiger partial charge in [0.2, 0.25) is 0 Å². The molecular weight excluding hydrogens is 236 g/mol. The summed E-state index contributed by atoms with van der Waals surface area (Å²) in [5.74, 6) is 0.694. The highest BCUT2D eigenvalue weighted by atomic mass is 16.3. The zero-order chi connectivity index (χ0) is 13.9. The molecule has 1 fully saturated rings. The van der Waals surface area contributed by atoms with Crippen molar-refractivity contribution < 1.29 is 5.11 Å². The quantitative estimate of drug-likeness (QED) is 0.905. The van der Waals surface area contributed by atoms with E-state index < -0.39 is 0 Å². The third-order valence-electron chi connectivity index (χ3n) is 4.67. The van der Waals surface area contributed by atoms with Crippen molar-refractivity contribution in [3.63, 3.8) is 0 Å². The molecule has 1 aromatic heterocycles. The summed E-state index contributed by atoms with van der Waals surface area (Å²) >= 11 is 0. The van der Waals surface area contributed by atoms with Gasteiger partial charge in [-0.3, -0.25) is 4.98 Å². The van der Waals surface area contributed by atoms with Gasteiger partial charge in [-0.05, 0) is 44.5 Å². The predicted octanol–water partition coefficient (Wildman–Crippen LogP) is 2.50. The van der Waals surface area contributed by atoms with E-state index in [1.165, 1.54) is 12.8 Å². The van der Waals surface area contributed by atoms with Gasteiger partial charge in [0.25, 0.3) is 0 Å². The van der Waals surface area contributed by atoms with Gasteiger partial charge >= 0.3 is 0 Å². The van der Waals surface area contributed by atoms with Crippen LogP contribution in [0.1, 0.15) is 38.2 Å². The first-order chi connectivity index (χ1) is 9.04. The summed E-state index contributed by atoms with van der Waals surface area (Å²) < 4.78 is 0. The molecule has 3 unspecified atom stereocenters. The third kappa shape index (κ3) is 3.15. The molecule has 1 aliphatic rings. The number of aromatic nitrogens is 1. The van der Waals surface area contributed by atoms with Crippen molar-refractivity contribution in [2.45, 2.75) is 50.7 Å². The second-order valence-corrected chi connectivity index (χ2v) is 6.28. The predicted molar refractivity (Wildman–Crippen MR) is 78.0 cm³/mol. The summed E-state index contributed by atoms with van der Waals surface area (Å²) in [7, 11) is 4.20. The molecule has 1 heterocycles. The summed E-state index contributed by atoms with van der Waals surface area (Å²) in [6, 6.07) is 3.99. The number of aliphatic hydroxyl groups is 1. The monoisotopic (exact) mass is 262 g/mol. The maximum absolute atomic E-state index is 10.8. The van der Waals surface area contributed by atoms with Crippen LogP contribution in [0.3, 0.4) is 0 Å². The molecular formula is C16H26N2O. The maximum Gasteiger partial charge on any atom is 0.0764 e. The number of nitrogens with zero attached hydrogens (tertiary/aromatic N) is 2. The van der Waals surface area contributed by atoms with Crippen molar-refractivity contribution in [1.82, 2.24) is 9.88 Å². The van der Waals surface area contributed by atoms with Crippen molar-refractivity contribution in [3.8, 4) is 0 Å². The molecule has 3 heteroatoms. The Morgan fingerprint density at radius 1 is 1.53 bits per heavy atom. The smallest absolute Gasteiger partial charge is 0.0764 e. The minimum Gasteiger partial charge on any atom is -0.391 e. The fourth-order valence-electron chi connectivity index (χ4n) is 3.50. The van der Waals surface area contributed by atoms with E-state index in [0.29, 0.717) is 12.3 Å². The Labute approximate surface area is 116 Å². The standard InChI is InChI=1S/C16H26N2O/c1-13-6-4-8-16(11-13,18(2)3)15(19)10-14-7-5-9-17-12-14/h5,7,9,12-13,15,19H,4,6,8,10-11H2,1-3H3. The molecule has 0 spiro atoms. The van der Waals surface area contributed by atoms with Gasteiger partial charge in [0.15, 0.2) is 0 Å². The number of hydrogen-bond donors (Lipinski definition) is 1. The molecule has 0 saturated heterocycles. The zero-order valence-corrected chi connectivity index (χ0v) is 12.3. The molecule has 0 bridgehead atoms. The normalized spacial score (nSPS) is 29.4. The van der Waals surface area contributed by atoms with E-state index in [0.717, 1.165) is 18.4 Å². The molecule has 3 atom stereocenters. The fraction of sp³-hybridized carbons (Fsp3) is 0.688. The van der Waals surface area contributed by atoms with E-state index in [2.05, 4.69) is 30.9 Å². The second-order valence-electron chi connectivity index (χ2n) is 6.28. The van der Waals surface area contributed by atoms with Crippen LogP contribution in [0.15, 0.2) is 24.5 Å². The highest BCUT2D eigenvalue weighted by Crippen LogP contribution is 2.39. The van der Waals surface area contributed by atoms with E-state index in [4.69, 9.17) is 0 Å². The summed E-state index contributed by atoms with van der Waals surface area (Å²) in [6.07, 6.45) is 8.68. The van der Waals surface area contributed by atoms with E-state index in [1.54, 1.807) is 6.20 Å². The maximum atomic E-state index is 10.8. The summed E-state index contributed by atoms with van der Waals surface area (Å²) in [5, 5.41) is 10.8. The highest BCUT2D eigenvalue weighted by Gasteiger charge is 2.42. The molecule has 3 nitrogen and oxygen atoms in total. The molecule has 0 radical (unpaired) electrons. The van der Waals surface area contributed by atoms with Crippen molar-refractivity contribution in [2.24, 2.45) is 5.92 Å². The topological polar surface area (TPSA) is 36.4 Å². The Morgan fingerprint density at radius 3 is 2.89 bits per heavy atom. The first-order valence-corrected chi connectivity index (χ1v) is 7.29. The second kappa shape index (κ2) is 6.02. The number of aliphatic hydroxyl groups excluding tert-OH is 1. The number of rotatable bonds is 4. The number of hydrogen-bond acceptors (Lipinski definition) is 3. The SMILES string of the molecule is CC1CCCC(C(O)Cc2cccnc2)(N(C)C)C1. The van der Waals surface area contributed by atoms with E-state index in [9.17, 15) is 5.11 Å². The first kappa shape index (κ1) is 14.5.